The van der Waals surface area contributed by atoms with Crippen molar-refractivity contribution in [3.63, 3.8) is 0 Å². The summed E-state index contributed by atoms with van der Waals surface area (Å²) in [6, 6.07) is 14.6. The van der Waals surface area contributed by atoms with Gasteiger partial charge in [0.2, 0.25) is 5.82 Å². The van der Waals surface area contributed by atoms with Crippen molar-refractivity contribution in [2.75, 3.05) is 0 Å². The highest BCUT2D eigenvalue weighted by Gasteiger charge is 2.19. The highest BCUT2D eigenvalue weighted by atomic mass is 35.5. The summed E-state index contributed by atoms with van der Waals surface area (Å²) in [6.45, 7) is 3.65. The number of carbonyl (C=O) groups is 1. The van der Waals surface area contributed by atoms with E-state index >= 15 is 0 Å². The number of H-pyrrole nitrogens is 1. The number of nitrogens with zero attached hydrogens (tertiary/aromatic N) is 4. The van der Waals surface area contributed by atoms with Crippen LogP contribution in [-0.4, -0.2) is 30.6 Å². The first-order chi connectivity index (χ1) is 13.0. The zero-order valence-electron chi connectivity index (χ0n) is 14.8. The zero-order valence-corrected chi connectivity index (χ0v) is 15.5. The SMILES string of the molecule is Cc1nc(C(=O)N[C@H](C)c2nc3ccccc3[nH]2)nn1-c1ccc(Cl)cc1. The molecule has 2 heterocycles. The Kier molecular flexibility index (Phi) is 4.37. The molecule has 1 atom stereocenters. The van der Waals surface area contributed by atoms with E-state index in [2.05, 4.69) is 25.4 Å². The number of imidazole rings is 1. The molecule has 0 bridgehead atoms. The number of amides is 1. The van der Waals surface area contributed by atoms with Crippen LogP contribution in [0.4, 0.5) is 0 Å². The van der Waals surface area contributed by atoms with E-state index in [0.29, 0.717) is 16.7 Å². The molecule has 1 amide bonds. The third kappa shape index (κ3) is 3.41. The van der Waals surface area contributed by atoms with Crippen molar-refractivity contribution in [3.8, 4) is 5.69 Å². The monoisotopic (exact) mass is 380 g/mol. The lowest BCUT2D eigenvalue weighted by atomic mass is 10.3. The Balaban J connectivity index is 1.54. The maximum atomic E-state index is 12.6. The summed E-state index contributed by atoms with van der Waals surface area (Å²) in [7, 11) is 0. The third-order valence-electron chi connectivity index (χ3n) is 4.21. The molecule has 136 valence electrons. The zero-order chi connectivity index (χ0) is 19.0. The molecule has 4 aromatic rings. The number of nitrogens with one attached hydrogen (secondary N) is 2. The average Bonchev–Trinajstić information content (AvgIpc) is 3.26. The van der Waals surface area contributed by atoms with Gasteiger partial charge in [0, 0.05) is 5.02 Å². The van der Waals surface area contributed by atoms with Crippen LogP contribution in [0.5, 0.6) is 0 Å². The summed E-state index contributed by atoms with van der Waals surface area (Å²) in [5, 5.41) is 7.83. The molecule has 0 radical (unpaired) electrons. The van der Waals surface area contributed by atoms with Gasteiger partial charge in [-0.25, -0.2) is 14.6 Å². The van der Waals surface area contributed by atoms with Gasteiger partial charge in [-0.2, -0.15) is 0 Å². The number of aromatic nitrogens is 5. The van der Waals surface area contributed by atoms with Crippen molar-refractivity contribution >= 4 is 28.5 Å². The number of rotatable bonds is 4. The van der Waals surface area contributed by atoms with Gasteiger partial charge >= 0.3 is 0 Å². The number of halogens is 1. The lowest BCUT2D eigenvalue weighted by molar-refractivity contribution is 0.0928. The molecule has 0 saturated heterocycles. The summed E-state index contributed by atoms with van der Waals surface area (Å²) >= 11 is 5.92. The largest absolute Gasteiger partial charge is 0.340 e. The van der Waals surface area contributed by atoms with Crippen LogP contribution in [0.1, 0.15) is 35.2 Å². The van der Waals surface area contributed by atoms with Crippen molar-refractivity contribution in [2.45, 2.75) is 19.9 Å². The number of hydrogen-bond acceptors (Lipinski definition) is 4. The Bertz CT molecular complexity index is 1080. The van der Waals surface area contributed by atoms with E-state index in [1.807, 2.05) is 43.3 Å². The molecular formula is C19H17ClN6O. The Hall–Kier alpha value is -3.19. The molecule has 8 heteroatoms. The highest BCUT2D eigenvalue weighted by Crippen LogP contribution is 2.17. The lowest BCUT2D eigenvalue weighted by Gasteiger charge is -2.09. The summed E-state index contributed by atoms with van der Waals surface area (Å²) in [5.74, 6) is 1.03. The van der Waals surface area contributed by atoms with Crippen LogP contribution in [0.2, 0.25) is 5.02 Å². The minimum absolute atomic E-state index is 0.102. The van der Waals surface area contributed by atoms with Crippen LogP contribution in [0.3, 0.4) is 0 Å². The van der Waals surface area contributed by atoms with Crippen LogP contribution in [-0.2, 0) is 0 Å². The van der Waals surface area contributed by atoms with E-state index in [0.717, 1.165) is 16.7 Å². The molecule has 0 saturated carbocycles. The second-order valence-electron chi connectivity index (χ2n) is 6.21. The predicted molar refractivity (Wildman–Crippen MR) is 103 cm³/mol. The van der Waals surface area contributed by atoms with Gasteiger partial charge in [-0.05, 0) is 50.2 Å². The maximum Gasteiger partial charge on any atom is 0.291 e. The fourth-order valence-corrected chi connectivity index (χ4v) is 2.95. The van der Waals surface area contributed by atoms with Gasteiger partial charge in [0.15, 0.2) is 0 Å². The first-order valence-electron chi connectivity index (χ1n) is 8.46. The Morgan fingerprint density at radius 3 is 2.63 bits per heavy atom. The number of aromatic amines is 1. The standard InChI is InChI=1S/C19H17ClN6O/c1-11(17-23-15-5-3-4-6-16(15)24-17)21-19(27)18-22-12(2)26(25-18)14-9-7-13(20)8-10-14/h3-11H,1-2H3,(H,21,27)(H,23,24)/t11-/m1/s1. The Morgan fingerprint density at radius 2 is 1.89 bits per heavy atom. The number of benzene rings is 2. The fourth-order valence-electron chi connectivity index (χ4n) is 2.82. The van der Waals surface area contributed by atoms with Crippen LogP contribution in [0.25, 0.3) is 16.7 Å². The van der Waals surface area contributed by atoms with Crippen molar-refractivity contribution in [1.82, 2.24) is 30.0 Å². The second-order valence-corrected chi connectivity index (χ2v) is 6.64. The van der Waals surface area contributed by atoms with Gasteiger partial charge in [-0.3, -0.25) is 4.79 Å². The van der Waals surface area contributed by atoms with Crippen molar-refractivity contribution in [3.05, 3.63) is 71.0 Å². The summed E-state index contributed by atoms with van der Waals surface area (Å²) in [4.78, 5) is 24.6. The van der Waals surface area contributed by atoms with Crippen molar-refractivity contribution < 1.29 is 4.79 Å². The first-order valence-corrected chi connectivity index (χ1v) is 8.84. The molecular weight excluding hydrogens is 364 g/mol. The van der Waals surface area contributed by atoms with Crippen LogP contribution in [0.15, 0.2) is 48.5 Å². The van der Waals surface area contributed by atoms with Crippen LogP contribution < -0.4 is 5.32 Å². The quantitative estimate of drug-likeness (QED) is 0.566. The Morgan fingerprint density at radius 1 is 1.15 bits per heavy atom. The van der Waals surface area contributed by atoms with Crippen LogP contribution >= 0.6 is 11.6 Å². The molecule has 0 aliphatic carbocycles. The highest BCUT2D eigenvalue weighted by molar-refractivity contribution is 6.30. The smallest absolute Gasteiger partial charge is 0.291 e. The molecule has 7 nitrogen and oxygen atoms in total. The third-order valence-corrected chi connectivity index (χ3v) is 4.46. The van der Waals surface area contributed by atoms with Gasteiger partial charge < -0.3 is 10.3 Å². The predicted octanol–water partition coefficient (Wildman–Crippen LogP) is 3.60. The molecule has 0 unspecified atom stereocenters. The number of para-hydroxylation sites is 2. The number of fused-ring (bicyclic) bond motifs is 1. The van der Waals surface area contributed by atoms with Gasteiger partial charge in [0.25, 0.3) is 5.91 Å². The maximum absolute atomic E-state index is 12.6. The molecule has 0 spiro atoms. The summed E-state index contributed by atoms with van der Waals surface area (Å²) in [6.07, 6.45) is 0. The van der Waals surface area contributed by atoms with E-state index in [1.165, 1.54) is 0 Å². The van der Waals surface area contributed by atoms with Gasteiger partial charge in [-0.15, -0.1) is 5.10 Å². The van der Waals surface area contributed by atoms with Gasteiger partial charge in [0.05, 0.1) is 22.8 Å². The van der Waals surface area contributed by atoms with E-state index in [-0.39, 0.29) is 17.8 Å². The Labute approximate surface area is 160 Å². The number of aryl methyl sites for hydroxylation is 1. The van der Waals surface area contributed by atoms with Crippen molar-refractivity contribution in [1.29, 1.82) is 0 Å². The van der Waals surface area contributed by atoms with E-state index in [9.17, 15) is 4.79 Å². The average molecular weight is 381 g/mol. The molecule has 2 aromatic carbocycles. The molecule has 0 aliphatic rings. The summed E-state index contributed by atoms with van der Waals surface area (Å²) in [5.41, 5.74) is 2.57. The molecule has 0 fully saturated rings. The van der Waals surface area contributed by atoms with Crippen LogP contribution in [0, 0.1) is 6.92 Å². The van der Waals surface area contributed by atoms with Crippen molar-refractivity contribution in [2.24, 2.45) is 0 Å². The molecule has 2 N–H and O–H groups in total. The first kappa shape index (κ1) is 17.2. The number of hydrogen-bond donors (Lipinski definition) is 2. The fraction of sp³-hybridized carbons (Fsp3) is 0.158. The van der Waals surface area contributed by atoms with E-state index in [1.54, 1.807) is 23.7 Å². The molecule has 2 aromatic heterocycles. The van der Waals surface area contributed by atoms with Gasteiger partial charge in [-0.1, -0.05) is 23.7 Å². The summed E-state index contributed by atoms with van der Waals surface area (Å²) < 4.78 is 1.61. The minimum atomic E-state index is -0.362. The molecule has 27 heavy (non-hydrogen) atoms. The van der Waals surface area contributed by atoms with E-state index < -0.39 is 0 Å². The molecule has 0 aliphatic heterocycles. The number of carbonyl (C=O) groups excluding carboxylic acids is 1. The minimum Gasteiger partial charge on any atom is -0.340 e. The second kappa shape index (κ2) is 6.85. The normalized spacial score (nSPS) is 12.3. The molecule has 4 rings (SSSR count). The lowest BCUT2D eigenvalue weighted by Crippen LogP contribution is -2.28. The topological polar surface area (TPSA) is 88.5 Å². The van der Waals surface area contributed by atoms with Gasteiger partial charge in [0.1, 0.15) is 11.6 Å². The van der Waals surface area contributed by atoms with E-state index in [4.69, 9.17) is 11.6 Å².